The Morgan fingerprint density at radius 2 is 2.00 bits per heavy atom. The number of carbonyl (C=O) groups is 2. The molecule has 24 heavy (non-hydrogen) atoms. The molecule has 1 aromatic rings. The largest absolute Gasteiger partial charge is 0.471 e. The fraction of sp³-hybridized carbons (Fsp3) is 0.429. The van der Waals surface area contributed by atoms with E-state index in [2.05, 4.69) is 5.32 Å². The lowest BCUT2D eigenvalue weighted by Crippen LogP contribution is -2.39. The maximum absolute atomic E-state index is 12.3. The molecular weight excluding hydrogens is 351 g/mol. The highest BCUT2D eigenvalue weighted by atomic mass is 35.5. The minimum Gasteiger partial charge on any atom is -0.383 e. The maximum atomic E-state index is 12.3. The highest BCUT2D eigenvalue weighted by Gasteiger charge is 2.41. The summed E-state index contributed by atoms with van der Waals surface area (Å²) in [6.07, 6.45) is -4.92. The molecule has 10 heteroatoms. The SMILES string of the molecule is COCC(N)C(=O)Nc1cccc(CN(C)C(=O)C(F)(F)F)c1.Cl. The zero-order valence-electron chi connectivity index (χ0n) is 13.1. The van der Waals surface area contributed by atoms with Crippen LogP contribution in [0, 0.1) is 0 Å². The standard InChI is InChI=1S/C14H18F3N3O3.ClH/c1-20(13(22)14(15,16)17)7-9-4-3-5-10(6-9)19-12(21)11(18)8-23-2;/h3-6,11H,7-8,18H2,1-2H3,(H,19,21);1H. The van der Waals surface area contributed by atoms with E-state index in [0.29, 0.717) is 16.2 Å². The molecule has 6 nitrogen and oxygen atoms in total. The first-order valence-electron chi connectivity index (χ1n) is 6.61. The molecule has 1 atom stereocenters. The molecule has 2 amide bonds. The van der Waals surface area contributed by atoms with Crippen molar-refractivity contribution in [2.24, 2.45) is 5.73 Å². The zero-order chi connectivity index (χ0) is 17.6. The second-order valence-electron chi connectivity index (χ2n) is 4.91. The van der Waals surface area contributed by atoms with Crippen molar-refractivity contribution in [3.05, 3.63) is 29.8 Å². The minimum atomic E-state index is -4.92. The molecule has 0 saturated heterocycles. The van der Waals surface area contributed by atoms with Crippen molar-refractivity contribution < 1.29 is 27.5 Å². The van der Waals surface area contributed by atoms with E-state index in [4.69, 9.17) is 10.5 Å². The Bertz CT molecular complexity index is 570. The average molecular weight is 370 g/mol. The lowest BCUT2D eigenvalue weighted by Gasteiger charge is -2.19. The first kappa shape index (κ1) is 22.2. The van der Waals surface area contributed by atoms with Gasteiger partial charge in [-0.3, -0.25) is 9.59 Å². The molecule has 1 rings (SSSR count). The molecule has 0 bridgehead atoms. The molecule has 0 saturated carbocycles. The van der Waals surface area contributed by atoms with Crippen LogP contribution in [0.2, 0.25) is 0 Å². The van der Waals surface area contributed by atoms with Gasteiger partial charge in [0.2, 0.25) is 5.91 Å². The minimum absolute atomic E-state index is 0. The third-order valence-electron chi connectivity index (χ3n) is 2.89. The summed E-state index contributed by atoms with van der Waals surface area (Å²) in [7, 11) is 2.46. The molecule has 136 valence electrons. The van der Waals surface area contributed by atoms with Crippen LogP contribution in [-0.2, 0) is 20.9 Å². The van der Waals surface area contributed by atoms with Gasteiger partial charge in [0.25, 0.3) is 0 Å². The van der Waals surface area contributed by atoms with Crippen LogP contribution in [0.15, 0.2) is 24.3 Å². The van der Waals surface area contributed by atoms with E-state index in [9.17, 15) is 22.8 Å². The van der Waals surface area contributed by atoms with Gasteiger partial charge in [-0.25, -0.2) is 0 Å². The Hall–Kier alpha value is -1.84. The number of alkyl halides is 3. The van der Waals surface area contributed by atoms with Gasteiger partial charge in [0.05, 0.1) is 6.61 Å². The van der Waals surface area contributed by atoms with E-state index in [-0.39, 0.29) is 25.6 Å². The van der Waals surface area contributed by atoms with E-state index < -0.39 is 24.0 Å². The predicted octanol–water partition coefficient (Wildman–Crippen LogP) is 1.54. The van der Waals surface area contributed by atoms with Gasteiger partial charge < -0.3 is 20.7 Å². The van der Waals surface area contributed by atoms with E-state index >= 15 is 0 Å². The van der Waals surface area contributed by atoms with Gasteiger partial charge in [-0.2, -0.15) is 13.2 Å². The summed E-state index contributed by atoms with van der Waals surface area (Å²) in [5, 5.41) is 2.53. The number of hydrogen-bond donors (Lipinski definition) is 2. The van der Waals surface area contributed by atoms with Crippen molar-refractivity contribution in [3.8, 4) is 0 Å². The van der Waals surface area contributed by atoms with Crippen LogP contribution in [0.3, 0.4) is 0 Å². The molecule has 0 aliphatic rings. The predicted molar refractivity (Wildman–Crippen MR) is 84.7 cm³/mol. The number of nitrogens with two attached hydrogens (primary N) is 1. The zero-order valence-corrected chi connectivity index (χ0v) is 13.9. The first-order valence-corrected chi connectivity index (χ1v) is 6.61. The third kappa shape index (κ3) is 6.73. The Morgan fingerprint density at radius 1 is 1.38 bits per heavy atom. The molecule has 0 spiro atoms. The summed E-state index contributed by atoms with van der Waals surface area (Å²) in [6, 6.07) is 5.27. The highest BCUT2D eigenvalue weighted by Crippen LogP contribution is 2.19. The Labute approximate surface area is 143 Å². The molecular formula is C14H19ClF3N3O3. The fourth-order valence-electron chi connectivity index (χ4n) is 1.80. The summed E-state index contributed by atoms with van der Waals surface area (Å²) in [5.41, 5.74) is 6.37. The lowest BCUT2D eigenvalue weighted by atomic mass is 10.2. The van der Waals surface area contributed by atoms with Crippen LogP contribution in [0.25, 0.3) is 0 Å². The third-order valence-corrected chi connectivity index (χ3v) is 2.89. The smallest absolute Gasteiger partial charge is 0.383 e. The van der Waals surface area contributed by atoms with Gasteiger partial charge in [0, 0.05) is 26.4 Å². The van der Waals surface area contributed by atoms with Crippen molar-refractivity contribution in [1.29, 1.82) is 0 Å². The molecule has 0 aliphatic heterocycles. The summed E-state index contributed by atoms with van der Waals surface area (Å²) < 4.78 is 41.8. The summed E-state index contributed by atoms with van der Waals surface area (Å²) in [5.74, 6) is -2.42. The van der Waals surface area contributed by atoms with Crippen molar-refractivity contribution in [3.63, 3.8) is 0 Å². The van der Waals surface area contributed by atoms with Crippen molar-refractivity contribution in [1.82, 2.24) is 4.90 Å². The topological polar surface area (TPSA) is 84.7 Å². The van der Waals surface area contributed by atoms with Gasteiger partial charge >= 0.3 is 12.1 Å². The molecule has 3 N–H and O–H groups in total. The number of hydrogen-bond acceptors (Lipinski definition) is 4. The Morgan fingerprint density at radius 3 is 2.54 bits per heavy atom. The number of ether oxygens (including phenoxy) is 1. The van der Waals surface area contributed by atoms with E-state index in [1.165, 1.54) is 13.2 Å². The highest BCUT2D eigenvalue weighted by molar-refractivity contribution is 5.94. The number of rotatable bonds is 6. The number of amides is 2. The van der Waals surface area contributed by atoms with Gasteiger partial charge in [-0.1, -0.05) is 12.1 Å². The van der Waals surface area contributed by atoms with Crippen LogP contribution < -0.4 is 11.1 Å². The van der Waals surface area contributed by atoms with E-state index in [1.54, 1.807) is 18.2 Å². The number of methoxy groups -OCH3 is 1. The lowest BCUT2D eigenvalue weighted by molar-refractivity contribution is -0.184. The Balaban J connectivity index is 0.00000529. The average Bonchev–Trinajstić information content (AvgIpc) is 2.46. The van der Waals surface area contributed by atoms with Crippen LogP contribution >= 0.6 is 12.4 Å². The van der Waals surface area contributed by atoms with Crippen LogP contribution in [0.5, 0.6) is 0 Å². The van der Waals surface area contributed by atoms with Gasteiger partial charge in [-0.05, 0) is 17.7 Å². The Kier molecular flexibility index (Phi) is 8.73. The summed E-state index contributed by atoms with van der Waals surface area (Å²) >= 11 is 0. The van der Waals surface area contributed by atoms with Crippen molar-refractivity contribution >= 4 is 29.9 Å². The molecule has 0 heterocycles. The molecule has 0 aromatic heterocycles. The van der Waals surface area contributed by atoms with Gasteiger partial charge in [0.1, 0.15) is 6.04 Å². The second-order valence-corrected chi connectivity index (χ2v) is 4.91. The van der Waals surface area contributed by atoms with E-state index in [1.807, 2.05) is 0 Å². The second kappa shape index (κ2) is 9.45. The summed E-state index contributed by atoms with van der Waals surface area (Å²) in [6.45, 7) is -0.208. The van der Waals surface area contributed by atoms with Crippen molar-refractivity contribution in [2.75, 3.05) is 26.1 Å². The van der Waals surface area contributed by atoms with Gasteiger partial charge in [-0.15, -0.1) is 12.4 Å². The van der Waals surface area contributed by atoms with Crippen LogP contribution in [-0.4, -0.2) is 49.7 Å². The molecule has 0 radical (unpaired) electrons. The number of nitrogens with zero attached hydrogens (tertiary/aromatic N) is 1. The fourth-order valence-corrected chi connectivity index (χ4v) is 1.80. The van der Waals surface area contributed by atoms with E-state index in [0.717, 1.165) is 7.05 Å². The summed E-state index contributed by atoms with van der Waals surface area (Å²) in [4.78, 5) is 23.4. The monoisotopic (exact) mass is 369 g/mol. The molecule has 1 unspecified atom stereocenters. The van der Waals surface area contributed by atoms with Crippen molar-refractivity contribution in [2.45, 2.75) is 18.8 Å². The molecule has 0 fully saturated rings. The number of benzene rings is 1. The van der Waals surface area contributed by atoms with Gasteiger partial charge in [0.15, 0.2) is 0 Å². The molecule has 1 aromatic carbocycles. The number of anilines is 1. The molecule has 0 aliphatic carbocycles. The number of nitrogens with one attached hydrogen (secondary N) is 1. The number of halogens is 4. The normalized spacial score (nSPS) is 12.1. The van der Waals surface area contributed by atoms with Crippen LogP contribution in [0.4, 0.5) is 18.9 Å². The first-order chi connectivity index (χ1) is 10.6. The number of carbonyl (C=O) groups excluding carboxylic acids is 2. The maximum Gasteiger partial charge on any atom is 0.471 e. The quantitative estimate of drug-likeness (QED) is 0.796. The van der Waals surface area contributed by atoms with Crippen LogP contribution in [0.1, 0.15) is 5.56 Å².